The van der Waals surface area contributed by atoms with Crippen molar-refractivity contribution in [2.45, 2.75) is 25.8 Å². The molecule has 0 radical (unpaired) electrons. The summed E-state index contributed by atoms with van der Waals surface area (Å²) in [7, 11) is 0. The minimum atomic E-state index is -0.106. The van der Waals surface area contributed by atoms with Crippen LogP contribution in [-0.4, -0.2) is 9.55 Å². The van der Waals surface area contributed by atoms with Crippen molar-refractivity contribution in [2.75, 3.05) is 0 Å². The number of fused-ring (bicyclic) bond motifs is 1. The molecule has 3 heteroatoms. The molecule has 1 unspecified atom stereocenters. The van der Waals surface area contributed by atoms with Crippen LogP contribution >= 0.6 is 11.6 Å². The third-order valence-corrected chi connectivity index (χ3v) is 3.74. The third-order valence-electron chi connectivity index (χ3n) is 3.55. The average molecular weight is 285 g/mol. The molecule has 0 saturated carbocycles. The summed E-state index contributed by atoms with van der Waals surface area (Å²) in [6.07, 6.45) is 0. The van der Waals surface area contributed by atoms with Gasteiger partial charge in [0.15, 0.2) is 0 Å². The van der Waals surface area contributed by atoms with Gasteiger partial charge >= 0.3 is 0 Å². The number of benzene rings is 2. The summed E-state index contributed by atoms with van der Waals surface area (Å²) in [6, 6.07) is 16.7. The Balaban J connectivity index is 2.17. The van der Waals surface area contributed by atoms with Crippen LogP contribution in [0.5, 0.6) is 0 Å². The van der Waals surface area contributed by atoms with E-state index in [4.69, 9.17) is 16.6 Å². The molecule has 1 heterocycles. The van der Waals surface area contributed by atoms with E-state index in [-0.39, 0.29) is 5.38 Å². The van der Waals surface area contributed by atoms with E-state index < -0.39 is 0 Å². The lowest BCUT2D eigenvalue weighted by atomic mass is 10.2. The fraction of sp³-hybridized carbons (Fsp3) is 0.235. The fourth-order valence-electron chi connectivity index (χ4n) is 2.54. The van der Waals surface area contributed by atoms with Crippen molar-refractivity contribution in [3.8, 4) is 0 Å². The lowest BCUT2D eigenvalue weighted by molar-refractivity contribution is 0.742. The number of alkyl halides is 1. The predicted octanol–water partition coefficient (Wildman–Crippen LogP) is 4.69. The average Bonchev–Trinajstić information content (AvgIpc) is 2.81. The van der Waals surface area contributed by atoms with Gasteiger partial charge in [0.25, 0.3) is 0 Å². The first-order valence-corrected chi connectivity index (χ1v) is 7.24. The highest BCUT2D eigenvalue weighted by molar-refractivity contribution is 6.20. The first-order chi connectivity index (χ1) is 9.66. The monoisotopic (exact) mass is 284 g/mol. The van der Waals surface area contributed by atoms with E-state index in [1.54, 1.807) is 0 Å². The zero-order valence-electron chi connectivity index (χ0n) is 11.7. The molecule has 1 atom stereocenters. The van der Waals surface area contributed by atoms with E-state index in [0.29, 0.717) is 0 Å². The van der Waals surface area contributed by atoms with Gasteiger partial charge in [0.05, 0.1) is 16.4 Å². The zero-order valence-corrected chi connectivity index (χ0v) is 12.4. The molecule has 0 fully saturated rings. The SMILES string of the molecule is Cc1cccc2c1nc(C(C)Cl)n2Cc1ccccc1. The maximum atomic E-state index is 6.32. The van der Waals surface area contributed by atoms with Gasteiger partial charge in [0.1, 0.15) is 5.82 Å². The van der Waals surface area contributed by atoms with Crippen molar-refractivity contribution in [3.05, 3.63) is 65.5 Å². The lowest BCUT2D eigenvalue weighted by Crippen LogP contribution is -2.05. The van der Waals surface area contributed by atoms with Crippen LogP contribution in [0.2, 0.25) is 0 Å². The first-order valence-electron chi connectivity index (χ1n) is 6.80. The molecule has 102 valence electrons. The molecular formula is C17H17ClN2. The molecule has 0 N–H and O–H groups in total. The number of halogens is 1. The Bertz CT molecular complexity index is 729. The fourth-order valence-corrected chi connectivity index (χ4v) is 2.71. The van der Waals surface area contributed by atoms with Crippen LogP contribution < -0.4 is 0 Å². The van der Waals surface area contributed by atoms with Gasteiger partial charge in [-0.25, -0.2) is 4.98 Å². The molecule has 0 aliphatic heterocycles. The van der Waals surface area contributed by atoms with E-state index in [2.05, 4.69) is 54.0 Å². The summed E-state index contributed by atoms with van der Waals surface area (Å²) in [6.45, 7) is 4.86. The van der Waals surface area contributed by atoms with Crippen LogP contribution in [0, 0.1) is 6.92 Å². The Kier molecular flexibility index (Phi) is 3.49. The number of aromatic nitrogens is 2. The largest absolute Gasteiger partial charge is 0.322 e. The molecule has 3 aromatic rings. The number of nitrogens with zero attached hydrogens (tertiary/aromatic N) is 2. The molecule has 0 spiro atoms. The van der Waals surface area contributed by atoms with E-state index >= 15 is 0 Å². The second-order valence-electron chi connectivity index (χ2n) is 5.10. The lowest BCUT2D eigenvalue weighted by Gasteiger charge is -2.10. The summed E-state index contributed by atoms with van der Waals surface area (Å²) in [5.41, 5.74) is 4.64. The van der Waals surface area contributed by atoms with Crippen LogP contribution in [0.15, 0.2) is 48.5 Å². The molecule has 0 amide bonds. The molecule has 2 nitrogen and oxygen atoms in total. The number of rotatable bonds is 3. The highest BCUT2D eigenvalue weighted by Crippen LogP contribution is 2.27. The normalized spacial score (nSPS) is 12.8. The second-order valence-corrected chi connectivity index (χ2v) is 5.76. The van der Waals surface area contributed by atoms with Crippen molar-refractivity contribution in [1.29, 1.82) is 0 Å². The number of hydrogen-bond acceptors (Lipinski definition) is 1. The van der Waals surface area contributed by atoms with Crippen molar-refractivity contribution in [2.24, 2.45) is 0 Å². The van der Waals surface area contributed by atoms with Crippen molar-refractivity contribution in [1.82, 2.24) is 9.55 Å². The first kappa shape index (κ1) is 13.2. The van der Waals surface area contributed by atoms with E-state index in [0.717, 1.165) is 23.4 Å². The van der Waals surface area contributed by atoms with E-state index in [9.17, 15) is 0 Å². The van der Waals surface area contributed by atoms with Gasteiger partial charge in [-0.2, -0.15) is 0 Å². The van der Waals surface area contributed by atoms with Gasteiger partial charge in [0.2, 0.25) is 0 Å². The maximum absolute atomic E-state index is 6.32. The Labute approximate surface area is 124 Å². The van der Waals surface area contributed by atoms with Gasteiger partial charge in [0, 0.05) is 6.54 Å². The Morgan fingerprint density at radius 1 is 1.10 bits per heavy atom. The van der Waals surface area contributed by atoms with E-state index in [1.165, 1.54) is 11.1 Å². The van der Waals surface area contributed by atoms with Crippen molar-refractivity contribution in [3.63, 3.8) is 0 Å². The third kappa shape index (κ3) is 2.32. The highest BCUT2D eigenvalue weighted by atomic mass is 35.5. The van der Waals surface area contributed by atoms with Crippen molar-refractivity contribution >= 4 is 22.6 Å². The molecule has 0 aliphatic carbocycles. The quantitative estimate of drug-likeness (QED) is 0.638. The summed E-state index contributed by atoms with van der Waals surface area (Å²) in [4.78, 5) is 4.74. The van der Waals surface area contributed by atoms with Gasteiger partial charge < -0.3 is 4.57 Å². The molecule has 0 saturated heterocycles. The standard InChI is InChI=1S/C17H17ClN2/c1-12-7-6-10-15-16(12)19-17(13(2)18)20(15)11-14-8-4-3-5-9-14/h3-10,13H,11H2,1-2H3. The Hall–Kier alpha value is -1.80. The summed E-state index contributed by atoms with van der Waals surface area (Å²) in [5, 5.41) is -0.106. The molecule has 0 bridgehead atoms. The van der Waals surface area contributed by atoms with Gasteiger partial charge in [-0.15, -0.1) is 11.6 Å². The molecular weight excluding hydrogens is 268 g/mol. The summed E-state index contributed by atoms with van der Waals surface area (Å²) in [5.74, 6) is 0.930. The van der Waals surface area contributed by atoms with Gasteiger partial charge in [-0.05, 0) is 31.0 Å². The second kappa shape index (κ2) is 5.29. The highest BCUT2D eigenvalue weighted by Gasteiger charge is 2.15. The maximum Gasteiger partial charge on any atom is 0.128 e. The predicted molar refractivity (Wildman–Crippen MR) is 84.3 cm³/mol. The van der Waals surface area contributed by atoms with Crippen LogP contribution in [0.3, 0.4) is 0 Å². The summed E-state index contributed by atoms with van der Waals surface area (Å²) >= 11 is 6.32. The number of para-hydroxylation sites is 1. The molecule has 0 aliphatic rings. The Morgan fingerprint density at radius 2 is 1.85 bits per heavy atom. The minimum Gasteiger partial charge on any atom is -0.322 e. The van der Waals surface area contributed by atoms with Crippen molar-refractivity contribution < 1.29 is 0 Å². The molecule has 20 heavy (non-hydrogen) atoms. The zero-order chi connectivity index (χ0) is 14.1. The van der Waals surface area contributed by atoms with Crippen LogP contribution in [0.4, 0.5) is 0 Å². The molecule has 2 aromatic carbocycles. The van der Waals surface area contributed by atoms with Crippen LogP contribution in [-0.2, 0) is 6.54 Å². The molecule has 1 aromatic heterocycles. The molecule has 3 rings (SSSR count). The van der Waals surface area contributed by atoms with Gasteiger partial charge in [-0.3, -0.25) is 0 Å². The van der Waals surface area contributed by atoms with Crippen LogP contribution in [0.25, 0.3) is 11.0 Å². The van der Waals surface area contributed by atoms with E-state index in [1.807, 2.05) is 13.0 Å². The number of aryl methyl sites for hydroxylation is 1. The topological polar surface area (TPSA) is 17.8 Å². The van der Waals surface area contributed by atoms with Gasteiger partial charge in [-0.1, -0.05) is 42.5 Å². The van der Waals surface area contributed by atoms with Crippen LogP contribution in [0.1, 0.15) is 29.3 Å². The number of imidazole rings is 1. The summed E-state index contributed by atoms with van der Waals surface area (Å²) < 4.78 is 2.22. The number of hydrogen-bond donors (Lipinski definition) is 0. The minimum absolute atomic E-state index is 0.106. The smallest absolute Gasteiger partial charge is 0.128 e. The Morgan fingerprint density at radius 3 is 2.55 bits per heavy atom.